The van der Waals surface area contributed by atoms with Crippen molar-refractivity contribution in [3.63, 3.8) is 0 Å². The van der Waals surface area contributed by atoms with Gasteiger partial charge in [0.05, 0.1) is 16.7 Å². The number of pyridine rings is 1. The summed E-state index contributed by atoms with van der Waals surface area (Å²) >= 11 is 0. The number of para-hydroxylation sites is 2. The van der Waals surface area contributed by atoms with E-state index in [4.69, 9.17) is 4.98 Å². The van der Waals surface area contributed by atoms with Crippen LogP contribution in [0.4, 0.5) is 0 Å². The van der Waals surface area contributed by atoms with Crippen molar-refractivity contribution in [2.24, 2.45) is 0 Å². The van der Waals surface area contributed by atoms with Crippen molar-refractivity contribution in [3.05, 3.63) is 121 Å². The van der Waals surface area contributed by atoms with Crippen molar-refractivity contribution < 1.29 is 0 Å². The summed E-state index contributed by atoms with van der Waals surface area (Å²) in [5, 5.41) is 2.50. The highest BCUT2D eigenvalue weighted by atomic mass is 15.1. The Bertz CT molecular complexity index is 1510. The molecule has 0 spiro atoms. The maximum absolute atomic E-state index is 5.11. The molecule has 0 atom stereocenters. The molecule has 152 valence electrons. The van der Waals surface area contributed by atoms with Crippen LogP contribution >= 0.6 is 0 Å². The molecule has 0 aliphatic carbocycles. The number of benzene rings is 4. The smallest absolute Gasteiger partial charge is 0.138 e. The summed E-state index contributed by atoms with van der Waals surface area (Å²) in [6, 6.07) is 40.6. The Morgan fingerprint density at radius 1 is 0.531 bits per heavy atom. The van der Waals surface area contributed by atoms with Crippen molar-refractivity contribution in [2.45, 2.75) is 6.92 Å². The van der Waals surface area contributed by atoms with Crippen molar-refractivity contribution >= 4 is 21.8 Å². The molecular formula is C30H22N2. The normalized spacial score (nSPS) is 11.3. The van der Waals surface area contributed by atoms with E-state index in [1.165, 1.54) is 38.5 Å². The lowest BCUT2D eigenvalue weighted by Crippen LogP contribution is -1.99. The largest absolute Gasteiger partial charge is 0.294 e. The molecule has 0 unspecified atom stereocenters. The molecule has 2 nitrogen and oxygen atoms in total. The second kappa shape index (κ2) is 7.51. The molecule has 4 aromatic carbocycles. The summed E-state index contributed by atoms with van der Waals surface area (Å²) in [6.07, 6.45) is 0. The second-order valence-corrected chi connectivity index (χ2v) is 8.20. The molecule has 0 amide bonds. The Morgan fingerprint density at radius 3 is 1.72 bits per heavy atom. The molecule has 0 aliphatic heterocycles. The molecule has 2 heterocycles. The zero-order valence-electron chi connectivity index (χ0n) is 17.9. The van der Waals surface area contributed by atoms with Crippen molar-refractivity contribution in [3.8, 4) is 28.2 Å². The van der Waals surface area contributed by atoms with Crippen LogP contribution in [0.15, 0.2) is 115 Å². The van der Waals surface area contributed by atoms with Gasteiger partial charge < -0.3 is 0 Å². The van der Waals surface area contributed by atoms with E-state index < -0.39 is 0 Å². The third-order valence-corrected chi connectivity index (χ3v) is 6.05. The number of hydrogen-bond donors (Lipinski definition) is 0. The number of aromatic nitrogens is 2. The number of fused-ring (bicyclic) bond motifs is 3. The summed E-state index contributed by atoms with van der Waals surface area (Å²) in [7, 11) is 0. The minimum absolute atomic E-state index is 0.949. The monoisotopic (exact) mass is 410 g/mol. The minimum atomic E-state index is 0.949. The first kappa shape index (κ1) is 18.6. The molecule has 0 bridgehead atoms. The van der Waals surface area contributed by atoms with Crippen LogP contribution in [0.5, 0.6) is 0 Å². The molecule has 0 aliphatic rings. The van der Waals surface area contributed by atoms with Gasteiger partial charge in [-0.25, -0.2) is 4.98 Å². The lowest BCUT2D eigenvalue weighted by atomic mass is 10.0. The van der Waals surface area contributed by atoms with Crippen LogP contribution in [0, 0.1) is 6.92 Å². The van der Waals surface area contributed by atoms with Gasteiger partial charge in [-0.3, -0.25) is 4.57 Å². The highest BCUT2D eigenvalue weighted by Gasteiger charge is 2.13. The average molecular weight is 411 g/mol. The predicted octanol–water partition coefficient (Wildman–Crippen LogP) is 7.82. The van der Waals surface area contributed by atoms with Gasteiger partial charge >= 0.3 is 0 Å². The maximum Gasteiger partial charge on any atom is 0.138 e. The van der Waals surface area contributed by atoms with E-state index in [1.54, 1.807) is 0 Å². The molecular weight excluding hydrogens is 388 g/mol. The first-order valence-corrected chi connectivity index (χ1v) is 10.9. The molecule has 0 saturated carbocycles. The minimum Gasteiger partial charge on any atom is -0.294 e. The maximum atomic E-state index is 5.11. The Hall–Kier alpha value is -4.17. The third-order valence-electron chi connectivity index (χ3n) is 6.05. The lowest BCUT2D eigenvalue weighted by molar-refractivity contribution is 1.07. The number of rotatable bonds is 3. The molecule has 32 heavy (non-hydrogen) atoms. The fourth-order valence-corrected chi connectivity index (χ4v) is 4.54. The van der Waals surface area contributed by atoms with E-state index in [0.717, 1.165) is 17.1 Å². The van der Waals surface area contributed by atoms with Crippen LogP contribution in [0.25, 0.3) is 50.0 Å². The van der Waals surface area contributed by atoms with Crippen molar-refractivity contribution in [1.82, 2.24) is 9.55 Å². The van der Waals surface area contributed by atoms with Gasteiger partial charge in [0.15, 0.2) is 0 Å². The van der Waals surface area contributed by atoms with Gasteiger partial charge in [-0.2, -0.15) is 0 Å². The van der Waals surface area contributed by atoms with Crippen LogP contribution in [0.1, 0.15) is 5.56 Å². The molecule has 6 rings (SSSR count). The summed E-state index contributed by atoms with van der Waals surface area (Å²) in [4.78, 5) is 5.11. The molecule has 0 N–H and O–H groups in total. The van der Waals surface area contributed by atoms with Gasteiger partial charge in [-0.15, -0.1) is 0 Å². The van der Waals surface area contributed by atoms with Gasteiger partial charge in [-0.05, 0) is 47.9 Å². The summed E-state index contributed by atoms with van der Waals surface area (Å²) in [5.74, 6) is 0.949. The summed E-state index contributed by atoms with van der Waals surface area (Å²) in [5.41, 5.74) is 8.09. The Morgan fingerprint density at radius 2 is 1.06 bits per heavy atom. The van der Waals surface area contributed by atoms with Crippen molar-refractivity contribution in [1.29, 1.82) is 0 Å². The standard InChI is InChI=1S/C30H22N2/c1-21-19-27(24-17-15-23(16-18-24)22-9-3-2-4-10-22)31-30(20-21)32-28-13-7-5-11-25(28)26-12-6-8-14-29(26)32/h2-20H,1H3. The number of aryl methyl sites for hydroxylation is 1. The van der Waals surface area contributed by atoms with Crippen LogP contribution in [-0.2, 0) is 0 Å². The molecule has 0 fully saturated rings. The van der Waals surface area contributed by atoms with Crippen LogP contribution < -0.4 is 0 Å². The fourth-order valence-electron chi connectivity index (χ4n) is 4.54. The van der Waals surface area contributed by atoms with Gasteiger partial charge in [0.2, 0.25) is 0 Å². The summed E-state index contributed by atoms with van der Waals surface area (Å²) < 4.78 is 2.28. The van der Waals surface area contributed by atoms with Gasteiger partial charge in [0, 0.05) is 16.3 Å². The quantitative estimate of drug-likeness (QED) is 0.291. The molecule has 0 saturated heterocycles. The average Bonchev–Trinajstić information content (AvgIpc) is 3.19. The highest BCUT2D eigenvalue weighted by Crippen LogP contribution is 2.32. The topological polar surface area (TPSA) is 17.8 Å². The van der Waals surface area contributed by atoms with Crippen LogP contribution in [0.3, 0.4) is 0 Å². The van der Waals surface area contributed by atoms with Gasteiger partial charge in [-0.1, -0.05) is 91.0 Å². The number of nitrogens with zero attached hydrogens (tertiary/aromatic N) is 2. The Labute approximate surface area is 187 Å². The fraction of sp³-hybridized carbons (Fsp3) is 0.0333. The van der Waals surface area contributed by atoms with E-state index in [9.17, 15) is 0 Å². The lowest BCUT2D eigenvalue weighted by Gasteiger charge is -2.11. The van der Waals surface area contributed by atoms with E-state index in [2.05, 4.69) is 121 Å². The Balaban J connectivity index is 1.50. The van der Waals surface area contributed by atoms with Gasteiger partial charge in [0.25, 0.3) is 0 Å². The first-order valence-electron chi connectivity index (χ1n) is 10.9. The van der Waals surface area contributed by atoms with E-state index >= 15 is 0 Å². The predicted molar refractivity (Wildman–Crippen MR) is 134 cm³/mol. The molecule has 6 aromatic rings. The molecule has 2 aromatic heterocycles. The zero-order chi connectivity index (χ0) is 21.5. The van der Waals surface area contributed by atoms with E-state index in [-0.39, 0.29) is 0 Å². The van der Waals surface area contributed by atoms with E-state index in [1.807, 2.05) is 6.07 Å². The zero-order valence-corrected chi connectivity index (χ0v) is 17.9. The van der Waals surface area contributed by atoms with Crippen LogP contribution in [0.2, 0.25) is 0 Å². The third kappa shape index (κ3) is 3.09. The first-order chi connectivity index (χ1) is 15.8. The van der Waals surface area contributed by atoms with E-state index in [0.29, 0.717) is 0 Å². The second-order valence-electron chi connectivity index (χ2n) is 8.20. The van der Waals surface area contributed by atoms with Gasteiger partial charge in [0.1, 0.15) is 5.82 Å². The SMILES string of the molecule is Cc1cc(-c2ccc(-c3ccccc3)cc2)nc(-n2c3ccccc3c3ccccc32)c1. The molecule has 0 radical (unpaired) electrons. The van der Waals surface area contributed by atoms with Crippen LogP contribution in [-0.4, -0.2) is 9.55 Å². The summed E-state index contributed by atoms with van der Waals surface area (Å²) in [6.45, 7) is 2.14. The number of hydrogen-bond acceptors (Lipinski definition) is 1. The molecule has 2 heteroatoms. The Kier molecular flexibility index (Phi) is 4.36. The highest BCUT2D eigenvalue weighted by molar-refractivity contribution is 6.09. The van der Waals surface area contributed by atoms with Crippen molar-refractivity contribution in [2.75, 3.05) is 0 Å².